The summed E-state index contributed by atoms with van der Waals surface area (Å²) in [4.78, 5) is 24.4. The molecule has 0 saturated heterocycles. The second-order valence-electron chi connectivity index (χ2n) is 5.25. The summed E-state index contributed by atoms with van der Waals surface area (Å²) < 4.78 is 15.8. The third-order valence-corrected chi connectivity index (χ3v) is 3.13. The van der Waals surface area contributed by atoms with Gasteiger partial charge in [0.1, 0.15) is 6.29 Å². The normalized spacial score (nSPS) is 12.4. The highest BCUT2D eigenvalue weighted by molar-refractivity contribution is 5.79. The lowest BCUT2D eigenvalue weighted by Gasteiger charge is -2.26. The number of aldehydes is 1. The molecule has 130 valence electrons. The Morgan fingerprint density at radius 1 is 1.05 bits per heavy atom. The smallest absolute Gasteiger partial charge is 0.225 e. The molecule has 7 heteroatoms. The Labute approximate surface area is 133 Å². The van der Waals surface area contributed by atoms with E-state index in [-0.39, 0.29) is 24.3 Å². The highest BCUT2D eigenvalue weighted by Crippen LogP contribution is 2.08. The minimum absolute atomic E-state index is 0.0955. The number of hydrogen-bond donors (Lipinski definition) is 1. The zero-order chi connectivity index (χ0) is 16.8. The molecule has 0 aliphatic heterocycles. The first-order valence-electron chi connectivity index (χ1n) is 7.68. The first-order valence-corrected chi connectivity index (χ1v) is 7.68. The second kappa shape index (κ2) is 13.6. The quantitative estimate of drug-likeness (QED) is 0.360. The number of likely N-dealkylation sites (N-methyl/N-ethyl adjacent to an activating group) is 1. The minimum atomic E-state index is -0.385. The zero-order valence-electron chi connectivity index (χ0n) is 14.0. The van der Waals surface area contributed by atoms with Crippen molar-refractivity contribution in [3.8, 4) is 0 Å². The lowest BCUT2D eigenvalue weighted by Crippen LogP contribution is -2.41. The van der Waals surface area contributed by atoms with Gasteiger partial charge in [0.05, 0.1) is 52.1 Å². The van der Waals surface area contributed by atoms with Crippen molar-refractivity contribution in [3.05, 3.63) is 0 Å². The van der Waals surface area contributed by atoms with Crippen molar-refractivity contribution in [3.63, 3.8) is 0 Å². The third-order valence-electron chi connectivity index (χ3n) is 3.13. The summed E-state index contributed by atoms with van der Waals surface area (Å²) in [5.41, 5.74) is 5.28. The van der Waals surface area contributed by atoms with Crippen LogP contribution >= 0.6 is 0 Å². The predicted octanol–water partition coefficient (Wildman–Crippen LogP) is 0.0669. The number of carbonyl (C=O) groups is 2. The minimum Gasteiger partial charge on any atom is -0.379 e. The van der Waals surface area contributed by atoms with Crippen LogP contribution in [0.15, 0.2) is 0 Å². The monoisotopic (exact) mass is 318 g/mol. The Hall–Kier alpha value is -1.02. The zero-order valence-corrected chi connectivity index (χ0v) is 14.0. The molecular weight excluding hydrogens is 288 g/mol. The summed E-state index contributed by atoms with van der Waals surface area (Å²) >= 11 is 0. The number of nitrogens with two attached hydrogens (primary N) is 1. The van der Waals surface area contributed by atoms with Crippen molar-refractivity contribution in [1.82, 2.24) is 4.90 Å². The summed E-state index contributed by atoms with van der Waals surface area (Å²) in [6.07, 6.45) is 1.07. The maximum Gasteiger partial charge on any atom is 0.225 e. The summed E-state index contributed by atoms with van der Waals surface area (Å²) in [5, 5.41) is 0. The van der Waals surface area contributed by atoms with Gasteiger partial charge in [0.2, 0.25) is 5.91 Å². The number of ether oxygens (including phenoxy) is 3. The predicted molar refractivity (Wildman–Crippen MR) is 83.6 cm³/mol. The number of carbonyl (C=O) groups excluding carboxylic acids is 2. The lowest BCUT2D eigenvalue weighted by molar-refractivity contribution is -0.137. The lowest BCUT2D eigenvalue weighted by atomic mass is 10.0. The van der Waals surface area contributed by atoms with Crippen molar-refractivity contribution in [1.29, 1.82) is 0 Å². The van der Waals surface area contributed by atoms with E-state index in [4.69, 9.17) is 19.9 Å². The highest BCUT2D eigenvalue weighted by atomic mass is 16.5. The Morgan fingerprint density at radius 3 is 2.00 bits per heavy atom. The Bertz CT molecular complexity index is 300. The topological polar surface area (TPSA) is 91.1 Å². The van der Waals surface area contributed by atoms with Crippen molar-refractivity contribution in [2.45, 2.75) is 26.3 Å². The Balaban J connectivity index is 3.58. The van der Waals surface area contributed by atoms with E-state index in [1.54, 1.807) is 7.05 Å². The summed E-state index contributed by atoms with van der Waals surface area (Å²) in [6.45, 7) is 7.08. The van der Waals surface area contributed by atoms with E-state index < -0.39 is 0 Å². The van der Waals surface area contributed by atoms with Crippen molar-refractivity contribution in [2.75, 3.05) is 53.2 Å². The summed E-state index contributed by atoms with van der Waals surface area (Å²) in [6, 6.07) is -0.385. The van der Waals surface area contributed by atoms with E-state index in [9.17, 15) is 9.59 Å². The van der Waals surface area contributed by atoms with Gasteiger partial charge in [-0.25, -0.2) is 0 Å². The van der Waals surface area contributed by atoms with E-state index in [2.05, 4.69) is 0 Å². The molecule has 7 nitrogen and oxygen atoms in total. The molecule has 0 fully saturated rings. The summed E-state index contributed by atoms with van der Waals surface area (Å²) in [7, 11) is 1.64. The molecule has 1 atom stereocenters. The molecule has 1 unspecified atom stereocenters. The first kappa shape index (κ1) is 21.0. The number of rotatable bonds is 14. The SMILES string of the molecule is CC(C)C(C=O)N(C)C(=O)CCOCCOCCOCCN. The molecule has 0 heterocycles. The molecule has 2 N–H and O–H groups in total. The molecule has 0 aliphatic rings. The van der Waals surface area contributed by atoms with Gasteiger partial charge >= 0.3 is 0 Å². The molecule has 0 rings (SSSR count). The summed E-state index contributed by atoms with van der Waals surface area (Å²) in [5.74, 6) is 0.00385. The van der Waals surface area contributed by atoms with Gasteiger partial charge in [-0.3, -0.25) is 4.79 Å². The fraction of sp³-hybridized carbons (Fsp3) is 0.867. The average molecular weight is 318 g/mol. The van der Waals surface area contributed by atoms with E-state index in [1.807, 2.05) is 13.8 Å². The van der Waals surface area contributed by atoms with Crippen LogP contribution in [0.3, 0.4) is 0 Å². The number of hydrogen-bond acceptors (Lipinski definition) is 6. The molecule has 0 saturated carbocycles. The molecule has 0 spiro atoms. The van der Waals surface area contributed by atoms with Gasteiger partial charge < -0.3 is 29.6 Å². The number of amides is 1. The van der Waals surface area contributed by atoms with E-state index in [1.165, 1.54) is 4.90 Å². The van der Waals surface area contributed by atoms with Crippen molar-refractivity contribution in [2.24, 2.45) is 11.7 Å². The van der Waals surface area contributed by atoms with E-state index in [0.29, 0.717) is 46.2 Å². The van der Waals surface area contributed by atoms with Gasteiger partial charge in [-0.15, -0.1) is 0 Å². The van der Waals surface area contributed by atoms with Crippen molar-refractivity contribution < 1.29 is 23.8 Å². The molecule has 0 aromatic heterocycles. The van der Waals surface area contributed by atoms with Crippen LogP contribution in [0.1, 0.15) is 20.3 Å². The van der Waals surface area contributed by atoms with Gasteiger partial charge in [-0.1, -0.05) is 13.8 Å². The average Bonchev–Trinajstić information content (AvgIpc) is 2.49. The molecular formula is C15H30N2O5. The molecule has 0 aliphatic carbocycles. The van der Waals surface area contributed by atoms with Gasteiger partial charge in [0.15, 0.2) is 0 Å². The van der Waals surface area contributed by atoms with Crippen LogP contribution < -0.4 is 5.73 Å². The molecule has 22 heavy (non-hydrogen) atoms. The molecule has 0 radical (unpaired) electrons. The highest BCUT2D eigenvalue weighted by Gasteiger charge is 2.21. The van der Waals surface area contributed by atoms with Gasteiger partial charge in [-0.05, 0) is 5.92 Å². The molecule has 0 aromatic rings. The number of nitrogens with zero attached hydrogens (tertiary/aromatic N) is 1. The van der Waals surface area contributed by atoms with Gasteiger partial charge in [0, 0.05) is 13.6 Å². The second-order valence-corrected chi connectivity index (χ2v) is 5.25. The Kier molecular flexibility index (Phi) is 13.0. The van der Waals surface area contributed by atoms with Crippen LogP contribution in [0.2, 0.25) is 0 Å². The maximum absolute atomic E-state index is 11.9. The molecule has 0 bridgehead atoms. The van der Waals surface area contributed by atoms with Crippen LogP contribution in [-0.4, -0.2) is 76.4 Å². The Morgan fingerprint density at radius 2 is 1.55 bits per heavy atom. The van der Waals surface area contributed by atoms with Gasteiger partial charge in [0.25, 0.3) is 0 Å². The third kappa shape index (κ3) is 9.83. The van der Waals surface area contributed by atoms with Crippen molar-refractivity contribution >= 4 is 12.2 Å². The standard InChI is InChI=1S/C15H30N2O5/c1-13(2)14(12-18)17(3)15(19)4-6-20-8-10-22-11-9-21-7-5-16/h12-14H,4-11,16H2,1-3H3. The van der Waals surface area contributed by atoms with Crippen LogP contribution in [0.4, 0.5) is 0 Å². The fourth-order valence-corrected chi connectivity index (χ4v) is 1.82. The first-order chi connectivity index (χ1) is 10.5. The van der Waals surface area contributed by atoms with Crippen LogP contribution in [0.25, 0.3) is 0 Å². The van der Waals surface area contributed by atoms with E-state index in [0.717, 1.165) is 6.29 Å². The molecule has 0 aromatic carbocycles. The fourth-order valence-electron chi connectivity index (χ4n) is 1.82. The van der Waals surface area contributed by atoms with Gasteiger partial charge in [-0.2, -0.15) is 0 Å². The van der Waals surface area contributed by atoms with Crippen LogP contribution in [0, 0.1) is 5.92 Å². The van der Waals surface area contributed by atoms with Crippen LogP contribution in [0.5, 0.6) is 0 Å². The van der Waals surface area contributed by atoms with Crippen LogP contribution in [-0.2, 0) is 23.8 Å². The largest absolute Gasteiger partial charge is 0.379 e. The maximum atomic E-state index is 11.9. The van der Waals surface area contributed by atoms with E-state index >= 15 is 0 Å². The molecule has 1 amide bonds.